The van der Waals surface area contributed by atoms with E-state index in [4.69, 9.17) is 12.2 Å². The molecule has 18 heavy (non-hydrogen) atoms. The number of aromatic amines is 1. The van der Waals surface area contributed by atoms with Crippen molar-refractivity contribution in [2.45, 2.75) is 13.8 Å². The van der Waals surface area contributed by atoms with E-state index < -0.39 is 5.97 Å². The van der Waals surface area contributed by atoms with Gasteiger partial charge in [0.15, 0.2) is 0 Å². The van der Waals surface area contributed by atoms with Gasteiger partial charge < -0.3 is 9.72 Å². The Bertz CT molecular complexity index is 658. The van der Waals surface area contributed by atoms with Crippen LogP contribution in [0.15, 0.2) is 11.4 Å². The molecule has 2 aromatic heterocycles. The summed E-state index contributed by atoms with van der Waals surface area (Å²) in [6.45, 7) is 3.80. The summed E-state index contributed by atoms with van der Waals surface area (Å²) in [6.07, 6.45) is 0. The number of ether oxygens (including phenoxy) is 1. The summed E-state index contributed by atoms with van der Waals surface area (Å²) in [4.78, 5) is 20.0. The van der Waals surface area contributed by atoms with Gasteiger partial charge in [-0.3, -0.25) is 0 Å². The van der Waals surface area contributed by atoms with Gasteiger partial charge in [-0.15, -0.1) is 11.3 Å². The number of carbonyl (C=O) groups is 1. The van der Waals surface area contributed by atoms with Crippen molar-refractivity contribution in [3.8, 4) is 10.7 Å². The van der Waals surface area contributed by atoms with Crippen molar-refractivity contribution in [2.24, 2.45) is 0 Å². The van der Waals surface area contributed by atoms with Gasteiger partial charge in [0.2, 0.25) is 0 Å². The van der Waals surface area contributed by atoms with Gasteiger partial charge in [-0.1, -0.05) is 12.2 Å². The lowest BCUT2D eigenvalue weighted by atomic mass is 10.2. The molecule has 0 saturated carbocycles. The van der Waals surface area contributed by atoms with E-state index in [1.807, 2.05) is 18.4 Å². The summed E-state index contributed by atoms with van der Waals surface area (Å²) in [5, 5.41) is 1.99. The molecule has 0 spiro atoms. The van der Waals surface area contributed by atoms with Crippen LogP contribution in [0, 0.1) is 18.5 Å². The summed E-state index contributed by atoms with van der Waals surface area (Å²) >= 11 is 6.74. The highest BCUT2D eigenvalue weighted by atomic mass is 32.1. The first-order chi connectivity index (χ1) is 8.54. The Morgan fingerprint density at radius 2 is 2.22 bits per heavy atom. The molecule has 0 saturated heterocycles. The molecule has 94 valence electrons. The van der Waals surface area contributed by atoms with E-state index in [0.29, 0.717) is 17.1 Å². The van der Waals surface area contributed by atoms with E-state index in [1.165, 1.54) is 7.11 Å². The van der Waals surface area contributed by atoms with Gasteiger partial charge in [-0.25, -0.2) is 9.78 Å². The minimum Gasteiger partial charge on any atom is -0.465 e. The summed E-state index contributed by atoms with van der Waals surface area (Å²) in [5.74, 6) is 0.230. The predicted molar refractivity (Wildman–Crippen MR) is 73.5 cm³/mol. The zero-order chi connectivity index (χ0) is 13.3. The lowest BCUT2D eigenvalue weighted by Gasteiger charge is -2.07. The maximum Gasteiger partial charge on any atom is 0.342 e. The monoisotopic (exact) mass is 280 g/mol. The molecule has 0 fully saturated rings. The summed E-state index contributed by atoms with van der Waals surface area (Å²) < 4.78 is 4.95. The Morgan fingerprint density at radius 1 is 1.50 bits per heavy atom. The van der Waals surface area contributed by atoms with Crippen molar-refractivity contribution >= 4 is 29.5 Å². The third kappa shape index (κ3) is 2.21. The SMILES string of the molecule is COC(=O)c1c(C)[nH]c(-c2sccc2C)nc1=S. The van der Waals surface area contributed by atoms with E-state index in [1.54, 1.807) is 18.3 Å². The number of rotatable bonds is 2. The fourth-order valence-electron chi connectivity index (χ4n) is 1.65. The molecule has 6 heteroatoms. The van der Waals surface area contributed by atoms with E-state index in [9.17, 15) is 4.79 Å². The van der Waals surface area contributed by atoms with Crippen LogP contribution in [0.5, 0.6) is 0 Å². The van der Waals surface area contributed by atoms with Crippen LogP contribution >= 0.6 is 23.6 Å². The van der Waals surface area contributed by atoms with E-state index >= 15 is 0 Å². The summed E-state index contributed by atoms with van der Waals surface area (Å²) in [7, 11) is 1.33. The second-order valence-corrected chi connectivity index (χ2v) is 5.12. The quantitative estimate of drug-likeness (QED) is 0.677. The van der Waals surface area contributed by atoms with E-state index in [2.05, 4.69) is 14.7 Å². The van der Waals surface area contributed by atoms with Crippen molar-refractivity contribution in [1.29, 1.82) is 0 Å². The largest absolute Gasteiger partial charge is 0.465 e. The van der Waals surface area contributed by atoms with Crippen molar-refractivity contribution < 1.29 is 9.53 Å². The summed E-state index contributed by atoms with van der Waals surface area (Å²) in [6, 6.07) is 2.02. The molecular weight excluding hydrogens is 268 g/mol. The molecule has 0 aliphatic carbocycles. The molecule has 2 heterocycles. The Hall–Kier alpha value is -1.53. The van der Waals surface area contributed by atoms with Gasteiger partial charge in [-0.05, 0) is 30.9 Å². The Morgan fingerprint density at radius 3 is 2.72 bits per heavy atom. The minimum atomic E-state index is -0.462. The molecule has 2 aromatic rings. The van der Waals surface area contributed by atoms with Crippen LogP contribution in [0.25, 0.3) is 10.7 Å². The summed E-state index contributed by atoms with van der Waals surface area (Å²) in [5.41, 5.74) is 2.12. The van der Waals surface area contributed by atoms with Crippen LogP contribution in [-0.4, -0.2) is 23.0 Å². The molecule has 0 atom stereocenters. The third-order valence-corrected chi connectivity index (χ3v) is 3.89. The highest BCUT2D eigenvalue weighted by Gasteiger charge is 2.15. The molecule has 0 bridgehead atoms. The minimum absolute atomic E-state index is 0.265. The third-order valence-electron chi connectivity index (χ3n) is 2.57. The average molecular weight is 280 g/mol. The van der Waals surface area contributed by atoms with Crippen LogP contribution < -0.4 is 0 Å². The van der Waals surface area contributed by atoms with E-state index in [-0.39, 0.29) is 4.64 Å². The number of aromatic nitrogens is 2. The molecule has 0 aliphatic rings. The first-order valence-corrected chi connectivity index (χ1v) is 6.57. The molecule has 0 aliphatic heterocycles. The number of carbonyl (C=O) groups excluding carboxylic acids is 1. The molecule has 0 amide bonds. The van der Waals surface area contributed by atoms with Gasteiger partial charge in [-0.2, -0.15) is 0 Å². The molecule has 2 rings (SSSR count). The maximum absolute atomic E-state index is 11.6. The van der Waals surface area contributed by atoms with Crippen LogP contribution in [0.2, 0.25) is 0 Å². The number of nitrogens with zero attached hydrogens (tertiary/aromatic N) is 1. The van der Waals surface area contributed by atoms with Crippen molar-refractivity contribution in [3.05, 3.63) is 32.9 Å². The van der Waals surface area contributed by atoms with Crippen molar-refractivity contribution in [2.75, 3.05) is 7.11 Å². The van der Waals surface area contributed by atoms with Crippen LogP contribution in [-0.2, 0) is 4.74 Å². The lowest BCUT2D eigenvalue weighted by Crippen LogP contribution is -2.08. The highest BCUT2D eigenvalue weighted by molar-refractivity contribution is 7.71. The van der Waals surface area contributed by atoms with Crippen LogP contribution in [0.3, 0.4) is 0 Å². The number of aryl methyl sites for hydroxylation is 2. The second kappa shape index (κ2) is 4.99. The van der Waals surface area contributed by atoms with Crippen molar-refractivity contribution in [1.82, 2.24) is 9.97 Å². The van der Waals surface area contributed by atoms with Gasteiger partial charge in [0.05, 0.1) is 12.0 Å². The molecule has 0 unspecified atom stereocenters. The maximum atomic E-state index is 11.6. The van der Waals surface area contributed by atoms with Crippen LogP contribution in [0.1, 0.15) is 21.6 Å². The Labute approximate surface area is 114 Å². The average Bonchev–Trinajstić information content (AvgIpc) is 2.74. The van der Waals surface area contributed by atoms with Gasteiger partial charge in [0, 0.05) is 5.69 Å². The number of hydrogen-bond acceptors (Lipinski definition) is 5. The zero-order valence-electron chi connectivity index (χ0n) is 10.2. The standard InChI is InChI=1S/C12H12N2O2S2/c1-6-4-5-18-9(6)10-13-7(2)8(11(17)14-10)12(15)16-3/h4-5H,1-3H3,(H,13,14,17). The number of nitrogens with one attached hydrogen (secondary N) is 1. The first-order valence-electron chi connectivity index (χ1n) is 5.28. The normalized spacial score (nSPS) is 10.4. The molecule has 0 radical (unpaired) electrons. The Kier molecular flexibility index (Phi) is 3.58. The van der Waals surface area contributed by atoms with Gasteiger partial charge >= 0.3 is 5.97 Å². The highest BCUT2D eigenvalue weighted by Crippen LogP contribution is 2.26. The van der Waals surface area contributed by atoms with Gasteiger partial charge in [0.25, 0.3) is 0 Å². The predicted octanol–water partition coefficient (Wildman–Crippen LogP) is 3.27. The van der Waals surface area contributed by atoms with Crippen LogP contribution in [0.4, 0.5) is 0 Å². The molecular formula is C12H12N2O2S2. The number of H-pyrrole nitrogens is 1. The topological polar surface area (TPSA) is 55.0 Å². The van der Waals surface area contributed by atoms with Gasteiger partial charge in [0.1, 0.15) is 16.0 Å². The Balaban J connectivity index is 2.60. The van der Waals surface area contributed by atoms with Crippen molar-refractivity contribution in [3.63, 3.8) is 0 Å². The number of hydrogen-bond donors (Lipinski definition) is 1. The smallest absolute Gasteiger partial charge is 0.342 e. The molecule has 4 nitrogen and oxygen atoms in total. The molecule has 1 N–H and O–H groups in total. The zero-order valence-corrected chi connectivity index (χ0v) is 11.9. The second-order valence-electron chi connectivity index (χ2n) is 3.81. The first kappa shape index (κ1) is 12.9. The number of thiophene rings is 1. The number of esters is 1. The fourth-order valence-corrected chi connectivity index (χ4v) is 2.85. The number of methoxy groups -OCH3 is 1. The lowest BCUT2D eigenvalue weighted by molar-refractivity contribution is 0.0598. The fraction of sp³-hybridized carbons (Fsp3) is 0.250. The van der Waals surface area contributed by atoms with E-state index in [0.717, 1.165) is 10.4 Å². The molecule has 0 aromatic carbocycles.